The van der Waals surface area contributed by atoms with Gasteiger partial charge in [0.25, 0.3) is 5.91 Å². The van der Waals surface area contributed by atoms with E-state index < -0.39 is 0 Å². The summed E-state index contributed by atoms with van der Waals surface area (Å²) in [5.74, 6) is -0.0158. The van der Waals surface area contributed by atoms with Gasteiger partial charge in [-0.15, -0.1) is 0 Å². The zero-order valence-corrected chi connectivity index (χ0v) is 22.5. The molecule has 1 saturated heterocycles. The Labute approximate surface area is 229 Å². The van der Waals surface area contributed by atoms with Crippen molar-refractivity contribution in [1.82, 2.24) is 9.88 Å². The van der Waals surface area contributed by atoms with Gasteiger partial charge in [0.15, 0.2) is 5.17 Å². The minimum Gasteiger partial charge on any atom is -0.334 e. The van der Waals surface area contributed by atoms with Crippen molar-refractivity contribution in [3.8, 4) is 0 Å². The quantitative estimate of drug-likeness (QED) is 0.244. The maximum absolute atomic E-state index is 13.9. The summed E-state index contributed by atoms with van der Waals surface area (Å²) in [7, 11) is 0. The zero-order valence-electron chi connectivity index (χ0n) is 20.1. The molecule has 184 valence electrons. The highest BCUT2D eigenvalue weighted by Crippen LogP contribution is 2.51. The van der Waals surface area contributed by atoms with Gasteiger partial charge in [0, 0.05) is 34.6 Å². The molecule has 0 radical (unpaired) electrons. The van der Waals surface area contributed by atoms with Crippen molar-refractivity contribution in [2.75, 3.05) is 18.0 Å². The first-order valence-electron chi connectivity index (χ1n) is 12.1. The third-order valence-electron chi connectivity index (χ3n) is 6.34. The molecule has 0 saturated carbocycles. The highest BCUT2D eigenvalue weighted by atomic mass is 35.5. The Balaban J connectivity index is 1.42. The molecule has 8 heteroatoms. The fourth-order valence-electron chi connectivity index (χ4n) is 4.53. The Morgan fingerprint density at radius 1 is 0.946 bits per heavy atom. The van der Waals surface area contributed by atoms with Crippen molar-refractivity contribution in [1.29, 1.82) is 0 Å². The van der Waals surface area contributed by atoms with Gasteiger partial charge in [0.05, 0.1) is 16.9 Å². The summed E-state index contributed by atoms with van der Waals surface area (Å²) < 4.78 is 0. The van der Waals surface area contributed by atoms with Crippen LogP contribution in [0.4, 0.5) is 11.4 Å². The number of aromatic nitrogens is 1. The van der Waals surface area contributed by atoms with Gasteiger partial charge in [0.2, 0.25) is 0 Å². The Hall–Kier alpha value is -3.26. The molecule has 1 amide bonds. The van der Waals surface area contributed by atoms with Gasteiger partial charge in [-0.1, -0.05) is 59.8 Å². The molecule has 4 aromatic rings. The van der Waals surface area contributed by atoms with Crippen molar-refractivity contribution in [3.05, 3.63) is 106 Å². The Bertz CT molecular complexity index is 1570. The molecule has 0 N–H and O–H groups in total. The lowest BCUT2D eigenvalue weighted by Crippen LogP contribution is -2.32. The maximum Gasteiger partial charge on any atom is 0.269 e. The molecule has 0 unspecified atom stereocenters. The Morgan fingerprint density at radius 3 is 2.65 bits per heavy atom. The van der Waals surface area contributed by atoms with Crippen LogP contribution in [0.2, 0.25) is 5.02 Å². The molecular weight excluding hydrogens is 520 g/mol. The van der Waals surface area contributed by atoms with E-state index in [9.17, 15) is 4.79 Å². The first-order valence-corrected chi connectivity index (χ1v) is 14.1. The molecular formula is C29H23ClN4OS2. The fraction of sp³-hybridized carbons (Fsp3) is 0.138. The second-order valence-corrected chi connectivity index (χ2v) is 11.1. The van der Waals surface area contributed by atoms with Crippen LogP contribution in [-0.2, 0) is 11.2 Å². The van der Waals surface area contributed by atoms with Gasteiger partial charge < -0.3 is 4.90 Å². The molecule has 37 heavy (non-hydrogen) atoms. The summed E-state index contributed by atoms with van der Waals surface area (Å²) in [4.78, 5) is 29.2. The van der Waals surface area contributed by atoms with E-state index in [4.69, 9.17) is 16.6 Å². The Kier molecular flexibility index (Phi) is 6.67. The third kappa shape index (κ3) is 4.63. The summed E-state index contributed by atoms with van der Waals surface area (Å²) in [5, 5.41) is 3.27. The zero-order chi connectivity index (χ0) is 25.4. The van der Waals surface area contributed by atoms with Crippen LogP contribution < -0.4 is 4.90 Å². The molecule has 2 aliphatic heterocycles. The second kappa shape index (κ2) is 10.2. The largest absolute Gasteiger partial charge is 0.334 e. The van der Waals surface area contributed by atoms with Crippen molar-refractivity contribution < 1.29 is 4.79 Å². The number of pyridine rings is 1. The van der Waals surface area contributed by atoms with Crippen LogP contribution in [0.3, 0.4) is 0 Å². The molecule has 6 rings (SSSR count). The van der Waals surface area contributed by atoms with Crippen LogP contribution in [-0.4, -0.2) is 34.0 Å². The van der Waals surface area contributed by atoms with Crippen molar-refractivity contribution in [2.45, 2.75) is 18.2 Å². The number of amidine groups is 1. The lowest BCUT2D eigenvalue weighted by molar-refractivity contribution is -0.122. The van der Waals surface area contributed by atoms with Gasteiger partial charge >= 0.3 is 0 Å². The molecule has 0 bridgehead atoms. The summed E-state index contributed by atoms with van der Waals surface area (Å²) in [6.45, 7) is 3.37. The SMILES string of the molecule is CCN1C(=C2SC(=Nc3cccc4ncccc34)N(CCc3ccccc3)C2=O)Sc2ccc(Cl)cc21. The van der Waals surface area contributed by atoms with E-state index in [0.717, 1.165) is 45.2 Å². The van der Waals surface area contributed by atoms with Crippen LogP contribution in [0.1, 0.15) is 12.5 Å². The molecule has 5 nitrogen and oxygen atoms in total. The highest BCUT2D eigenvalue weighted by molar-refractivity contribution is 8.19. The van der Waals surface area contributed by atoms with Crippen LogP contribution in [0, 0.1) is 0 Å². The predicted molar refractivity (Wildman–Crippen MR) is 156 cm³/mol. The number of hydrogen-bond acceptors (Lipinski definition) is 6. The highest BCUT2D eigenvalue weighted by Gasteiger charge is 2.39. The fourth-order valence-corrected chi connectivity index (χ4v) is 7.09. The van der Waals surface area contributed by atoms with E-state index in [1.165, 1.54) is 17.3 Å². The number of hydrogen-bond donors (Lipinski definition) is 0. The molecule has 0 aliphatic carbocycles. The number of carbonyl (C=O) groups excluding carboxylic acids is 1. The second-order valence-electron chi connectivity index (χ2n) is 8.63. The average molecular weight is 543 g/mol. The molecule has 3 aromatic carbocycles. The molecule has 0 atom stereocenters. The number of nitrogens with zero attached hydrogens (tertiary/aromatic N) is 4. The van der Waals surface area contributed by atoms with Gasteiger partial charge in [-0.05, 0) is 73.1 Å². The van der Waals surface area contributed by atoms with Gasteiger partial charge in [0.1, 0.15) is 9.93 Å². The summed E-state index contributed by atoms with van der Waals surface area (Å²) >= 11 is 9.38. The Morgan fingerprint density at radius 2 is 1.81 bits per heavy atom. The topological polar surface area (TPSA) is 48.8 Å². The van der Waals surface area contributed by atoms with Crippen LogP contribution in [0.5, 0.6) is 0 Å². The number of fused-ring (bicyclic) bond motifs is 2. The van der Waals surface area contributed by atoms with Gasteiger partial charge in [-0.25, -0.2) is 4.99 Å². The first-order chi connectivity index (χ1) is 18.1. The first kappa shape index (κ1) is 24.1. The molecule has 3 heterocycles. The normalized spacial score (nSPS) is 18.3. The minimum absolute atomic E-state index is 0.0158. The average Bonchev–Trinajstić information content (AvgIpc) is 3.44. The third-order valence-corrected chi connectivity index (χ3v) is 8.96. The van der Waals surface area contributed by atoms with Crippen LogP contribution in [0.15, 0.2) is 105 Å². The standard InChI is InChI=1S/C29H23ClN4OS2/c1-2-33-24-18-20(30)13-14-25(24)36-28(33)26-27(35)34(17-15-19-8-4-3-5-9-19)29(37-26)32-23-12-6-11-22-21(23)10-7-16-31-22/h3-14,16,18H,2,15,17H2,1H3. The van der Waals surface area contributed by atoms with Crippen LogP contribution >= 0.6 is 35.1 Å². The van der Waals surface area contributed by atoms with E-state index in [1.807, 2.05) is 71.6 Å². The molecule has 1 aromatic heterocycles. The number of thioether (sulfide) groups is 2. The van der Waals surface area contributed by atoms with Crippen LogP contribution in [0.25, 0.3) is 10.9 Å². The molecule has 2 aliphatic rings. The smallest absolute Gasteiger partial charge is 0.269 e. The van der Waals surface area contributed by atoms with Crippen molar-refractivity contribution in [2.24, 2.45) is 4.99 Å². The number of rotatable bonds is 5. The lowest BCUT2D eigenvalue weighted by atomic mass is 10.1. The monoisotopic (exact) mass is 542 g/mol. The van der Waals surface area contributed by atoms with Crippen molar-refractivity contribution >= 4 is 68.5 Å². The van der Waals surface area contributed by atoms with Gasteiger partial charge in [-0.3, -0.25) is 14.7 Å². The number of benzene rings is 3. The summed E-state index contributed by atoms with van der Waals surface area (Å²) in [6.07, 6.45) is 2.52. The molecule has 0 spiro atoms. The summed E-state index contributed by atoms with van der Waals surface area (Å²) in [5.41, 5.74) is 3.90. The number of amides is 1. The van der Waals surface area contributed by atoms with E-state index >= 15 is 0 Å². The number of carbonyl (C=O) groups is 1. The molecule has 1 fully saturated rings. The maximum atomic E-state index is 13.9. The van der Waals surface area contributed by atoms with E-state index in [-0.39, 0.29) is 5.91 Å². The summed E-state index contributed by atoms with van der Waals surface area (Å²) in [6, 6.07) is 26.0. The predicted octanol–water partition coefficient (Wildman–Crippen LogP) is 7.50. The number of anilines is 1. The number of aliphatic imine (C=N–C) groups is 1. The number of halogens is 1. The van der Waals surface area contributed by atoms with E-state index in [1.54, 1.807) is 18.0 Å². The lowest BCUT2D eigenvalue weighted by Gasteiger charge is -2.19. The van der Waals surface area contributed by atoms with E-state index in [0.29, 0.717) is 21.6 Å². The van der Waals surface area contributed by atoms with Crippen molar-refractivity contribution in [3.63, 3.8) is 0 Å². The van der Waals surface area contributed by atoms with Gasteiger partial charge in [-0.2, -0.15) is 0 Å². The van der Waals surface area contributed by atoms with E-state index in [2.05, 4.69) is 28.9 Å². The minimum atomic E-state index is -0.0158.